The van der Waals surface area contributed by atoms with E-state index >= 15 is 0 Å². The third-order valence-electron chi connectivity index (χ3n) is 10.5. The molecule has 38 heavy (non-hydrogen) atoms. The van der Waals surface area contributed by atoms with E-state index < -0.39 is 33.8 Å². The Kier molecular flexibility index (Phi) is 9.77. The lowest BCUT2D eigenvalue weighted by molar-refractivity contribution is -0.137. The van der Waals surface area contributed by atoms with E-state index in [1.54, 1.807) is 31.2 Å². The minimum Gasteiger partial charge on any atom is -0.393 e. The normalized spacial score (nSPS) is 31.0. The molecule has 3 rings (SSSR count). The zero-order valence-electron chi connectivity index (χ0n) is 24.1. The summed E-state index contributed by atoms with van der Waals surface area (Å²) in [4.78, 5) is 0.313. The topological polar surface area (TPSA) is 54.4 Å². The van der Waals surface area contributed by atoms with Crippen molar-refractivity contribution >= 4 is 9.84 Å². The van der Waals surface area contributed by atoms with Crippen molar-refractivity contribution in [1.29, 1.82) is 0 Å². The summed E-state index contributed by atoms with van der Waals surface area (Å²) in [6, 6.07) is 8.59. The number of alkyl halides is 3. The molecule has 2 aliphatic carbocycles. The monoisotopic (exact) mass is 558 g/mol. The molecule has 0 spiro atoms. The van der Waals surface area contributed by atoms with Gasteiger partial charge in [0.15, 0.2) is 9.84 Å². The summed E-state index contributed by atoms with van der Waals surface area (Å²) < 4.78 is 66.1. The van der Waals surface area contributed by atoms with Crippen LogP contribution in [0.2, 0.25) is 0 Å². The molecule has 1 aromatic carbocycles. The van der Waals surface area contributed by atoms with E-state index in [0.29, 0.717) is 29.1 Å². The van der Waals surface area contributed by atoms with Crippen LogP contribution in [0.15, 0.2) is 35.2 Å². The van der Waals surface area contributed by atoms with Crippen LogP contribution < -0.4 is 0 Å². The van der Waals surface area contributed by atoms with Gasteiger partial charge in [-0.25, -0.2) is 8.42 Å². The van der Waals surface area contributed by atoms with Crippen LogP contribution in [0.3, 0.4) is 0 Å². The standard InChI is InChI=1S/C31H49F3O3S/c1-7-24-26(29(4,5)17-11-18-31(32,33)34)16-19-30(6)25(14-15-27(24)30)22(3)28(20-21(2)35)38(36,37)23-12-9-8-10-13-23/h8-10,12-13,21-22,24-28,35H,7,11,14-20H2,1-6H3/t21-,22+,24-,25-,26+,27+,28?,30-/m1/s1. The van der Waals surface area contributed by atoms with Crippen molar-refractivity contribution in [2.45, 2.75) is 122 Å². The summed E-state index contributed by atoms with van der Waals surface area (Å²) in [6.07, 6.45) is 0.338. The van der Waals surface area contributed by atoms with Gasteiger partial charge in [0.05, 0.1) is 16.2 Å². The van der Waals surface area contributed by atoms with Gasteiger partial charge in [-0.05, 0) is 104 Å². The van der Waals surface area contributed by atoms with E-state index in [4.69, 9.17) is 0 Å². The van der Waals surface area contributed by atoms with Crippen LogP contribution >= 0.6 is 0 Å². The Morgan fingerprint density at radius 2 is 1.68 bits per heavy atom. The lowest BCUT2D eigenvalue weighted by Crippen LogP contribution is -2.48. The van der Waals surface area contributed by atoms with E-state index in [9.17, 15) is 26.7 Å². The first-order chi connectivity index (χ1) is 17.5. The van der Waals surface area contributed by atoms with Crippen LogP contribution in [0.25, 0.3) is 0 Å². The zero-order chi connectivity index (χ0) is 28.5. The van der Waals surface area contributed by atoms with E-state index in [-0.39, 0.29) is 35.5 Å². The SMILES string of the molecule is CC[C@@H]1[C@@H](C(C)(C)CCCC(F)(F)F)CC[C@]2(C)[C@@H]([C@H](C)C(C[C@@H](C)O)S(=O)(=O)c3ccccc3)CC[C@@H]12. The Bertz CT molecular complexity index is 1000. The molecule has 0 heterocycles. The van der Waals surface area contributed by atoms with Gasteiger partial charge < -0.3 is 5.11 Å². The average Bonchev–Trinajstić information content (AvgIpc) is 3.17. The molecule has 8 atom stereocenters. The summed E-state index contributed by atoms with van der Waals surface area (Å²) in [6.45, 7) is 12.6. The minimum atomic E-state index is -4.11. The number of hydrogen-bond donors (Lipinski definition) is 1. The highest BCUT2D eigenvalue weighted by Gasteiger charge is 2.57. The number of fused-ring (bicyclic) bond motifs is 1. The van der Waals surface area contributed by atoms with E-state index in [1.807, 2.05) is 6.07 Å². The van der Waals surface area contributed by atoms with Gasteiger partial charge in [0.25, 0.3) is 0 Å². The number of aliphatic hydroxyl groups is 1. The molecule has 218 valence electrons. The largest absolute Gasteiger partial charge is 0.393 e. The predicted molar refractivity (Wildman–Crippen MR) is 147 cm³/mol. The number of benzene rings is 1. The van der Waals surface area contributed by atoms with Gasteiger partial charge in [-0.2, -0.15) is 13.2 Å². The number of rotatable bonds is 11. The molecule has 0 radical (unpaired) electrons. The van der Waals surface area contributed by atoms with Crippen molar-refractivity contribution in [3.05, 3.63) is 30.3 Å². The summed E-state index contributed by atoms with van der Waals surface area (Å²) in [5, 5.41) is 9.65. The molecule has 1 N–H and O–H groups in total. The number of sulfone groups is 1. The second-order valence-electron chi connectivity index (χ2n) is 13.3. The van der Waals surface area contributed by atoms with Crippen molar-refractivity contribution < 1.29 is 26.7 Å². The van der Waals surface area contributed by atoms with Gasteiger partial charge in [0.2, 0.25) is 0 Å². The molecular weight excluding hydrogens is 509 g/mol. The fourth-order valence-corrected chi connectivity index (χ4v) is 10.8. The maximum atomic E-state index is 13.8. The van der Waals surface area contributed by atoms with Gasteiger partial charge in [-0.15, -0.1) is 0 Å². The second kappa shape index (κ2) is 11.8. The number of aliphatic hydroxyl groups excluding tert-OH is 1. The van der Waals surface area contributed by atoms with Crippen molar-refractivity contribution in [3.8, 4) is 0 Å². The minimum absolute atomic E-state index is 0.0121. The Balaban J connectivity index is 1.85. The first-order valence-electron chi connectivity index (χ1n) is 14.6. The summed E-state index contributed by atoms with van der Waals surface area (Å²) in [7, 11) is -3.62. The summed E-state index contributed by atoms with van der Waals surface area (Å²) in [5.41, 5.74) is -0.176. The van der Waals surface area contributed by atoms with Gasteiger partial charge in [0, 0.05) is 6.42 Å². The highest BCUT2D eigenvalue weighted by atomic mass is 32.2. The molecule has 1 aromatic rings. The van der Waals surface area contributed by atoms with Crippen molar-refractivity contribution in [2.75, 3.05) is 0 Å². The fraction of sp³-hybridized carbons (Fsp3) is 0.806. The molecule has 2 fully saturated rings. The number of hydrogen-bond acceptors (Lipinski definition) is 3. The maximum Gasteiger partial charge on any atom is 0.389 e. The summed E-state index contributed by atoms with van der Waals surface area (Å²) in [5.74, 6) is 1.34. The van der Waals surface area contributed by atoms with E-state index in [0.717, 1.165) is 32.1 Å². The average molecular weight is 559 g/mol. The molecule has 1 unspecified atom stereocenters. The van der Waals surface area contributed by atoms with Crippen LogP contribution in [0.5, 0.6) is 0 Å². The number of halogens is 3. The Labute approximate surface area is 228 Å². The van der Waals surface area contributed by atoms with Crippen LogP contribution in [-0.2, 0) is 9.84 Å². The highest BCUT2D eigenvalue weighted by Crippen LogP contribution is 2.64. The lowest BCUT2D eigenvalue weighted by Gasteiger charge is -2.54. The zero-order valence-corrected chi connectivity index (χ0v) is 24.9. The molecule has 0 saturated heterocycles. The highest BCUT2D eigenvalue weighted by molar-refractivity contribution is 7.92. The first kappa shape index (κ1) is 31.4. The Morgan fingerprint density at radius 3 is 2.24 bits per heavy atom. The van der Waals surface area contributed by atoms with Gasteiger partial charge in [0.1, 0.15) is 0 Å². The Morgan fingerprint density at radius 1 is 1.05 bits per heavy atom. The van der Waals surface area contributed by atoms with Crippen LogP contribution in [-0.4, -0.2) is 31.1 Å². The quantitative estimate of drug-likeness (QED) is 0.296. The van der Waals surface area contributed by atoms with Gasteiger partial charge >= 0.3 is 6.18 Å². The molecule has 0 aromatic heterocycles. The van der Waals surface area contributed by atoms with Crippen molar-refractivity contribution in [1.82, 2.24) is 0 Å². The molecule has 2 saturated carbocycles. The van der Waals surface area contributed by atoms with Crippen LogP contribution in [0.4, 0.5) is 13.2 Å². The van der Waals surface area contributed by atoms with Crippen molar-refractivity contribution in [2.24, 2.45) is 40.4 Å². The second-order valence-corrected chi connectivity index (χ2v) is 15.5. The predicted octanol–water partition coefficient (Wildman–Crippen LogP) is 8.46. The maximum absolute atomic E-state index is 13.8. The van der Waals surface area contributed by atoms with E-state index in [1.165, 1.54) is 0 Å². The van der Waals surface area contributed by atoms with E-state index in [2.05, 4.69) is 34.6 Å². The van der Waals surface area contributed by atoms with Crippen molar-refractivity contribution in [3.63, 3.8) is 0 Å². The molecule has 7 heteroatoms. The summed E-state index contributed by atoms with van der Waals surface area (Å²) >= 11 is 0. The van der Waals surface area contributed by atoms with Crippen LogP contribution in [0.1, 0.15) is 99.3 Å². The molecule has 0 amide bonds. The molecule has 0 bridgehead atoms. The molecule has 2 aliphatic rings. The Hall–Kier alpha value is -1.08. The van der Waals surface area contributed by atoms with Gasteiger partial charge in [-0.1, -0.05) is 59.2 Å². The van der Waals surface area contributed by atoms with Gasteiger partial charge in [-0.3, -0.25) is 0 Å². The smallest absolute Gasteiger partial charge is 0.389 e. The third kappa shape index (κ3) is 6.62. The lowest BCUT2D eigenvalue weighted by atomic mass is 9.51. The fourth-order valence-electron chi connectivity index (χ4n) is 8.67. The van der Waals surface area contributed by atoms with Crippen LogP contribution in [0, 0.1) is 40.4 Å². The molecule has 0 aliphatic heterocycles. The first-order valence-corrected chi connectivity index (χ1v) is 16.1. The molecular formula is C31H49F3O3S. The molecule has 3 nitrogen and oxygen atoms in total. The third-order valence-corrected chi connectivity index (χ3v) is 12.9.